The number of halogens is 1. The Morgan fingerprint density at radius 1 is 0.833 bits per heavy atom. The highest BCUT2D eigenvalue weighted by atomic mass is 35.5. The highest BCUT2D eigenvalue weighted by Gasteiger charge is 2.19. The number of hydrogen-bond donors (Lipinski definition) is 0. The zero-order chi connectivity index (χ0) is 25.2. The van der Waals surface area contributed by atoms with E-state index in [2.05, 4.69) is 11.9 Å². The molecule has 0 saturated heterocycles. The van der Waals surface area contributed by atoms with Crippen molar-refractivity contribution in [2.24, 2.45) is 0 Å². The summed E-state index contributed by atoms with van der Waals surface area (Å²) in [4.78, 5) is 19.6. The molecule has 1 aromatic heterocycles. The van der Waals surface area contributed by atoms with E-state index in [4.69, 9.17) is 21.1 Å². The molecule has 5 nitrogen and oxygen atoms in total. The third kappa shape index (κ3) is 7.09. The van der Waals surface area contributed by atoms with Crippen molar-refractivity contribution in [1.82, 2.24) is 4.98 Å². The number of carbonyl (C=O) groups excluding carboxylic acids is 1. The van der Waals surface area contributed by atoms with Crippen LogP contribution in [0.5, 0.6) is 11.5 Å². The van der Waals surface area contributed by atoms with E-state index in [0.29, 0.717) is 36.2 Å². The van der Waals surface area contributed by atoms with E-state index in [0.717, 1.165) is 35.5 Å². The van der Waals surface area contributed by atoms with Gasteiger partial charge in [0, 0.05) is 16.8 Å². The van der Waals surface area contributed by atoms with Crippen LogP contribution >= 0.6 is 11.6 Å². The molecule has 0 aliphatic rings. The Labute approximate surface area is 217 Å². The van der Waals surface area contributed by atoms with Crippen LogP contribution in [-0.2, 0) is 13.2 Å². The van der Waals surface area contributed by atoms with Crippen LogP contribution < -0.4 is 14.4 Å². The second kappa shape index (κ2) is 12.8. The fourth-order valence-electron chi connectivity index (χ4n) is 3.58. The van der Waals surface area contributed by atoms with Gasteiger partial charge >= 0.3 is 0 Å². The first-order valence-electron chi connectivity index (χ1n) is 12.0. The second-order valence-corrected chi connectivity index (χ2v) is 8.80. The van der Waals surface area contributed by atoms with Gasteiger partial charge in [-0.25, -0.2) is 4.98 Å². The van der Waals surface area contributed by atoms with Crippen LogP contribution in [0.1, 0.15) is 41.3 Å². The minimum atomic E-state index is -0.128. The molecular weight excluding hydrogens is 472 g/mol. The fraction of sp³-hybridized carbons (Fsp3) is 0.200. The molecule has 0 saturated carbocycles. The first kappa shape index (κ1) is 25.3. The zero-order valence-corrected chi connectivity index (χ0v) is 21.0. The quantitative estimate of drug-likeness (QED) is 0.202. The van der Waals surface area contributed by atoms with Crippen molar-refractivity contribution in [3.8, 4) is 11.5 Å². The molecule has 0 aliphatic carbocycles. The number of carbonyl (C=O) groups is 1. The first-order chi connectivity index (χ1) is 17.6. The van der Waals surface area contributed by atoms with E-state index in [9.17, 15) is 4.79 Å². The van der Waals surface area contributed by atoms with E-state index >= 15 is 0 Å². The molecule has 0 bridgehead atoms. The molecule has 0 radical (unpaired) electrons. The lowest BCUT2D eigenvalue weighted by Crippen LogP contribution is -2.31. The predicted octanol–water partition coefficient (Wildman–Crippen LogP) is 7.34. The molecule has 0 N–H and O–H groups in total. The summed E-state index contributed by atoms with van der Waals surface area (Å²) in [7, 11) is 0. The zero-order valence-electron chi connectivity index (χ0n) is 20.3. The van der Waals surface area contributed by atoms with Gasteiger partial charge in [-0.3, -0.25) is 9.69 Å². The summed E-state index contributed by atoms with van der Waals surface area (Å²) in [5.74, 6) is 1.98. The monoisotopic (exact) mass is 500 g/mol. The molecule has 0 aliphatic heterocycles. The van der Waals surface area contributed by atoms with Crippen molar-refractivity contribution >= 4 is 23.3 Å². The molecule has 0 unspecified atom stereocenters. The molecule has 0 atom stereocenters. The van der Waals surface area contributed by atoms with Gasteiger partial charge in [-0.1, -0.05) is 55.3 Å². The van der Waals surface area contributed by atoms with Crippen LogP contribution in [0.25, 0.3) is 0 Å². The van der Waals surface area contributed by atoms with Crippen molar-refractivity contribution in [2.75, 3.05) is 11.5 Å². The Hall–Kier alpha value is -3.83. The van der Waals surface area contributed by atoms with Crippen molar-refractivity contribution in [3.05, 3.63) is 119 Å². The third-order valence-corrected chi connectivity index (χ3v) is 5.87. The number of hydrogen-bond acceptors (Lipinski definition) is 4. The maximum absolute atomic E-state index is 13.5. The predicted molar refractivity (Wildman–Crippen MR) is 144 cm³/mol. The summed E-state index contributed by atoms with van der Waals surface area (Å²) in [6.45, 7) is 3.62. The lowest BCUT2D eigenvalue weighted by Gasteiger charge is -2.22. The molecule has 0 spiro atoms. The van der Waals surface area contributed by atoms with E-state index in [1.165, 1.54) is 0 Å². The summed E-state index contributed by atoms with van der Waals surface area (Å²) >= 11 is 5.94. The molecule has 4 aromatic rings. The van der Waals surface area contributed by atoms with Crippen LogP contribution in [0, 0.1) is 0 Å². The first-order valence-corrected chi connectivity index (χ1v) is 12.4. The van der Waals surface area contributed by atoms with Crippen LogP contribution in [0.3, 0.4) is 0 Å². The summed E-state index contributed by atoms with van der Waals surface area (Å²) in [6.07, 6.45) is 3.76. The highest BCUT2D eigenvalue weighted by molar-refractivity contribution is 6.30. The molecule has 0 fully saturated rings. The van der Waals surface area contributed by atoms with Gasteiger partial charge in [0.25, 0.3) is 5.91 Å². The normalized spacial score (nSPS) is 10.6. The lowest BCUT2D eigenvalue weighted by atomic mass is 10.1. The van der Waals surface area contributed by atoms with Gasteiger partial charge in [0.2, 0.25) is 0 Å². The van der Waals surface area contributed by atoms with Crippen molar-refractivity contribution in [3.63, 3.8) is 0 Å². The Morgan fingerprint density at radius 3 is 2.17 bits per heavy atom. The van der Waals surface area contributed by atoms with E-state index in [1.807, 2.05) is 78.9 Å². The molecule has 4 rings (SSSR count). The second-order valence-electron chi connectivity index (χ2n) is 8.36. The SMILES string of the molecule is CCCCOc1ccc(C(=O)N(Cc2ccc(OCc3ccc(Cl)cc3)cc2)c2ccccn2)cc1. The van der Waals surface area contributed by atoms with Gasteiger partial charge in [0.05, 0.1) is 13.2 Å². The van der Waals surface area contributed by atoms with Crippen LogP contribution in [0.15, 0.2) is 97.2 Å². The topological polar surface area (TPSA) is 51.7 Å². The lowest BCUT2D eigenvalue weighted by molar-refractivity contribution is 0.0984. The van der Waals surface area contributed by atoms with E-state index in [1.54, 1.807) is 23.2 Å². The fourth-order valence-corrected chi connectivity index (χ4v) is 3.70. The number of benzene rings is 3. The molecular formula is C30H29ClN2O3. The summed E-state index contributed by atoms with van der Waals surface area (Å²) < 4.78 is 11.6. The Balaban J connectivity index is 1.45. The summed E-state index contributed by atoms with van der Waals surface area (Å²) in [6, 6.07) is 28.2. The van der Waals surface area contributed by atoms with Crippen molar-refractivity contribution < 1.29 is 14.3 Å². The number of rotatable bonds is 11. The molecule has 3 aromatic carbocycles. The average molecular weight is 501 g/mol. The van der Waals surface area contributed by atoms with Crippen LogP contribution in [0.2, 0.25) is 5.02 Å². The van der Waals surface area contributed by atoms with Crippen molar-refractivity contribution in [2.45, 2.75) is 32.9 Å². The number of pyridine rings is 1. The van der Waals surface area contributed by atoms with Crippen molar-refractivity contribution in [1.29, 1.82) is 0 Å². The number of unbranched alkanes of at least 4 members (excludes halogenated alkanes) is 1. The van der Waals surface area contributed by atoms with Gasteiger partial charge in [0.15, 0.2) is 0 Å². The smallest absolute Gasteiger partial charge is 0.259 e. The van der Waals surface area contributed by atoms with Crippen LogP contribution in [-0.4, -0.2) is 17.5 Å². The summed E-state index contributed by atoms with van der Waals surface area (Å²) in [5, 5.41) is 0.700. The minimum Gasteiger partial charge on any atom is -0.494 e. The van der Waals surface area contributed by atoms with Gasteiger partial charge in [0.1, 0.15) is 23.9 Å². The maximum Gasteiger partial charge on any atom is 0.259 e. The number of amides is 1. The number of anilines is 1. The highest BCUT2D eigenvalue weighted by Crippen LogP contribution is 2.22. The largest absolute Gasteiger partial charge is 0.494 e. The molecule has 6 heteroatoms. The van der Waals surface area contributed by atoms with Gasteiger partial charge in [-0.15, -0.1) is 0 Å². The molecule has 1 heterocycles. The molecule has 36 heavy (non-hydrogen) atoms. The number of nitrogens with zero attached hydrogens (tertiary/aromatic N) is 2. The Bertz CT molecular complexity index is 1230. The van der Waals surface area contributed by atoms with Crippen LogP contribution in [0.4, 0.5) is 5.82 Å². The standard InChI is InChI=1S/C30H29ClN2O3/c1-2-3-20-35-27-17-11-25(12-18-27)30(34)33(29-6-4-5-19-32-29)21-23-9-15-28(16-10-23)36-22-24-7-13-26(31)14-8-24/h4-19H,2-3,20-22H2,1H3. The molecule has 1 amide bonds. The summed E-state index contributed by atoms with van der Waals surface area (Å²) in [5.41, 5.74) is 2.58. The van der Waals surface area contributed by atoms with Gasteiger partial charge in [-0.2, -0.15) is 0 Å². The molecule has 184 valence electrons. The maximum atomic E-state index is 13.5. The van der Waals surface area contributed by atoms with E-state index in [-0.39, 0.29) is 5.91 Å². The number of ether oxygens (including phenoxy) is 2. The third-order valence-electron chi connectivity index (χ3n) is 5.62. The Morgan fingerprint density at radius 2 is 1.50 bits per heavy atom. The number of aromatic nitrogens is 1. The van der Waals surface area contributed by atoms with E-state index < -0.39 is 0 Å². The van der Waals surface area contributed by atoms with Gasteiger partial charge < -0.3 is 9.47 Å². The van der Waals surface area contributed by atoms with Gasteiger partial charge in [-0.05, 0) is 78.2 Å². The Kier molecular flexibility index (Phi) is 8.95. The minimum absolute atomic E-state index is 0.128. The average Bonchev–Trinajstić information content (AvgIpc) is 2.93.